The molecule has 70 valence electrons. The molecule has 1 aromatic rings. The van der Waals surface area contributed by atoms with E-state index in [0.717, 1.165) is 11.6 Å². The van der Waals surface area contributed by atoms with Gasteiger partial charge in [0, 0.05) is 13.0 Å². The van der Waals surface area contributed by atoms with Crippen LogP contribution in [-0.4, -0.2) is 25.8 Å². The number of aromatic nitrogens is 3. The van der Waals surface area contributed by atoms with Crippen LogP contribution in [0.3, 0.4) is 0 Å². The molecule has 0 bridgehead atoms. The summed E-state index contributed by atoms with van der Waals surface area (Å²) >= 11 is 0. The van der Waals surface area contributed by atoms with Crippen LogP contribution in [0.1, 0.15) is 24.0 Å². The molecule has 0 spiro atoms. The highest BCUT2D eigenvalue weighted by Gasteiger charge is 2.47. The molecule has 13 heavy (non-hydrogen) atoms. The van der Waals surface area contributed by atoms with Gasteiger partial charge >= 0.3 is 5.97 Å². The Labute approximate surface area is 75.4 Å². The topological polar surface area (TPSA) is 68.0 Å². The molecule has 1 fully saturated rings. The van der Waals surface area contributed by atoms with Gasteiger partial charge in [0.25, 0.3) is 0 Å². The summed E-state index contributed by atoms with van der Waals surface area (Å²) in [6.07, 6.45) is 0.696. The predicted molar refractivity (Wildman–Crippen MR) is 44.2 cm³/mol. The summed E-state index contributed by atoms with van der Waals surface area (Å²) in [6, 6.07) is 0. The van der Waals surface area contributed by atoms with Crippen molar-refractivity contribution in [2.75, 3.05) is 0 Å². The number of carboxylic acid groups (broad SMARTS) is 1. The molecule has 0 saturated heterocycles. The van der Waals surface area contributed by atoms with Gasteiger partial charge in [-0.15, -0.1) is 10.2 Å². The molecule has 2 rings (SSSR count). The summed E-state index contributed by atoms with van der Waals surface area (Å²) < 4.78 is 1.85. The lowest BCUT2D eigenvalue weighted by Crippen LogP contribution is -2.03. The Morgan fingerprint density at radius 2 is 2.31 bits per heavy atom. The van der Waals surface area contributed by atoms with E-state index >= 15 is 0 Å². The van der Waals surface area contributed by atoms with Gasteiger partial charge < -0.3 is 9.67 Å². The Bertz CT molecular complexity index is 358. The highest BCUT2D eigenvalue weighted by Crippen LogP contribution is 2.46. The van der Waals surface area contributed by atoms with Gasteiger partial charge in [-0.2, -0.15) is 0 Å². The predicted octanol–water partition coefficient (Wildman–Crippen LogP) is 0.312. The maximum atomic E-state index is 10.6. The molecular weight excluding hydrogens is 170 g/mol. The lowest BCUT2D eigenvalue weighted by molar-refractivity contribution is -0.138. The monoisotopic (exact) mass is 181 g/mol. The maximum absolute atomic E-state index is 10.6. The van der Waals surface area contributed by atoms with Crippen LogP contribution in [0.4, 0.5) is 0 Å². The summed E-state index contributed by atoms with van der Waals surface area (Å²) in [5, 5.41) is 16.6. The van der Waals surface area contributed by atoms with E-state index in [1.807, 2.05) is 18.5 Å². The molecule has 2 unspecified atom stereocenters. The Morgan fingerprint density at radius 3 is 2.69 bits per heavy atom. The Kier molecular flexibility index (Phi) is 1.61. The van der Waals surface area contributed by atoms with Crippen molar-refractivity contribution in [3.8, 4) is 0 Å². The van der Waals surface area contributed by atoms with E-state index in [0.29, 0.717) is 6.42 Å². The van der Waals surface area contributed by atoms with Crippen molar-refractivity contribution in [3.63, 3.8) is 0 Å². The standard InChI is InChI=1S/C8H11N3O2/c1-4-9-10-7(11(4)2)5-3-6(5)8(12)13/h5-6H,3H2,1-2H3,(H,12,13). The number of carboxylic acids is 1. The number of rotatable bonds is 2. The van der Waals surface area contributed by atoms with Gasteiger partial charge in [-0.05, 0) is 13.3 Å². The first kappa shape index (κ1) is 8.22. The average Bonchev–Trinajstić information content (AvgIpc) is 2.78. The summed E-state index contributed by atoms with van der Waals surface area (Å²) in [6.45, 7) is 1.86. The number of hydrogen-bond acceptors (Lipinski definition) is 3. The van der Waals surface area contributed by atoms with Crippen molar-refractivity contribution in [3.05, 3.63) is 11.6 Å². The van der Waals surface area contributed by atoms with Crippen LogP contribution in [0.25, 0.3) is 0 Å². The van der Waals surface area contributed by atoms with Crippen molar-refractivity contribution in [1.82, 2.24) is 14.8 Å². The normalized spacial score (nSPS) is 26.0. The third kappa shape index (κ3) is 1.20. The molecule has 1 saturated carbocycles. The molecule has 1 heterocycles. The van der Waals surface area contributed by atoms with E-state index in [-0.39, 0.29) is 11.8 Å². The largest absolute Gasteiger partial charge is 0.481 e. The van der Waals surface area contributed by atoms with Gasteiger partial charge in [-0.3, -0.25) is 4.79 Å². The first-order valence-corrected chi connectivity index (χ1v) is 4.20. The smallest absolute Gasteiger partial charge is 0.307 e. The summed E-state index contributed by atoms with van der Waals surface area (Å²) in [7, 11) is 1.86. The van der Waals surface area contributed by atoms with Crippen molar-refractivity contribution in [1.29, 1.82) is 0 Å². The summed E-state index contributed by atoms with van der Waals surface area (Å²) in [5.74, 6) is 0.715. The van der Waals surface area contributed by atoms with E-state index in [1.54, 1.807) is 0 Å². The second-order valence-corrected chi connectivity index (χ2v) is 3.45. The number of carbonyl (C=O) groups is 1. The number of aryl methyl sites for hydroxylation is 1. The van der Waals surface area contributed by atoms with Gasteiger partial charge in [0.05, 0.1) is 5.92 Å². The van der Waals surface area contributed by atoms with E-state index < -0.39 is 5.97 Å². The molecule has 1 aliphatic carbocycles. The molecule has 0 radical (unpaired) electrons. The molecule has 1 aromatic heterocycles. The second kappa shape index (κ2) is 2.55. The van der Waals surface area contributed by atoms with Crippen molar-refractivity contribution in [2.45, 2.75) is 19.3 Å². The third-order valence-corrected chi connectivity index (χ3v) is 2.57. The van der Waals surface area contributed by atoms with Crippen molar-refractivity contribution >= 4 is 5.97 Å². The molecule has 0 aromatic carbocycles. The SMILES string of the molecule is Cc1nnc(C2CC2C(=O)O)n1C. The van der Waals surface area contributed by atoms with Gasteiger partial charge in [0.1, 0.15) is 11.6 Å². The Hall–Kier alpha value is -1.39. The van der Waals surface area contributed by atoms with Crippen LogP contribution in [0.5, 0.6) is 0 Å². The zero-order valence-electron chi connectivity index (χ0n) is 7.56. The molecule has 1 aliphatic rings. The summed E-state index contributed by atoms with van der Waals surface area (Å²) in [4.78, 5) is 10.6. The fraction of sp³-hybridized carbons (Fsp3) is 0.625. The first-order chi connectivity index (χ1) is 6.11. The maximum Gasteiger partial charge on any atom is 0.307 e. The van der Waals surface area contributed by atoms with Gasteiger partial charge in [0.2, 0.25) is 0 Å². The molecule has 1 N–H and O–H groups in total. The second-order valence-electron chi connectivity index (χ2n) is 3.45. The minimum absolute atomic E-state index is 0.0729. The Morgan fingerprint density at radius 1 is 1.62 bits per heavy atom. The number of aliphatic carboxylic acids is 1. The van der Waals surface area contributed by atoms with Crippen LogP contribution in [-0.2, 0) is 11.8 Å². The molecule has 2 atom stereocenters. The van der Waals surface area contributed by atoms with Gasteiger partial charge in [-0.25, -0.2) is 0 Å². The van der Waals surface area contributed by atoms with Crippen LogP contribution in [0.2, 0.25) is 0 Å². The zero-order chi connectivity index (χ0) is 9.59. The van der Waals surface area contributed by atoms with Crippen LogP contribution < -0.4 is 0 Å². The lowest BCUT2D eigenvalue weighted by Gasteiger charge is -1.98. The third-order valence-electron chi connectivity index (χ3n) is 2.57. The van der Waals surface area contributed by atoms with E-state index in [9.17, 15) is 4.79 Å². The highest BCUT2D eigenvalue weighted by atomic mass is 16.4. The summed E-state index contributed by atoms with van der Waals surface area (Å²) in [5.41, 5.74) is 0. The lowest BCUT2D eigenvalue weighted by atomic mass is 10.3. The first-order valence-electron chi connectivity index (χ1n) is 4.20. The zero-order valence-corrected chi connectivity index (χ0v) is 7.56. The van der Waals surface area contributed by atoms with Crippen LogP contribution in [0.15, 0.2) is 0 Å². The highest BCUT2D eigenvalue weighted by molar-refractivity contribution is 5.74. The molecule has 5 heteroatoms. The quantitative estimate of drug-likeness (QED) is 0.713. The van der Waals surface area contributed by atoms with E-state index in [2.05, 4.69) is 10.2 Å². The minimum Gasteiger partial charge on any atom is -0.481 e. The number of nitrogens with zero attached hydrogens (tertiary/aromatic N) is 3. The fourth-order valence-electron chi connectivity index (χ4n) is 1.50. The fourth-order valence-corrected chi connectivity index (χ4v) is 1.50. The van der Waals surface area contributed by atoms with Gasteiger partial charge in [0.15, 0.2) is 0 Å². The van der Waals surface area contributed by atoms with E-state index in [1.165, 1.54) is 0 Å². The molecule has 0 aliphatic heterocycles. The Balaban J connectivity index is 2.20. The molecular formula is C8H11N3O2. The minimum atomic E-state index is -0.731. The average molecular weight is 181 g/mol. The van der Waals surface area contributed by atoms with Crippen LogP contribution >= 0.6 is 0 Å². The van der Waals surface area contributed by atoms with Crippen molar-refractivity contribution in [2.24, 2.45) is 13.0 Å². The van der Waals surface area contributed by atoms with E-state index in [4.69, 9.17) is 5.11 Å². The van der Waals surface area contributed by atoms with Gasteiger partial charge in [-0.1, -0.05) is 0 Å². The molecule has 0 amide bonds. The molecule has 5 nitrogen and oxygen atoms in total. The number of hydrogen-bond donors (Lipinski definition) is 1. The van der Waals surface area contributed by atoms with Crippen molar-refractivity contribution < 1.29 is 9.90 Å². The van der Waals surface area contributed by atoms with Crippen LogP contribution in [0, 0.1) is 12.8 Å².